The van der Waals surface area contributed by atoms with E-state index in [4.69, 9.17) is 10.5 Å². The van der Waals surface area contributed by atoms with Gasteiger partial charge < -0.3 is 20.7 Å². The minimum Gasteiger partial charge on any atom is -0.482 e. The summed E-state index contributed by atoms with van der Waals surface area (Å²) in [4.78, 5) is 26.0. The summed E-state index contributed by atoms with van der Waals surface area (Å²) in [7, 11) is 0. The molecule has 1 heterocycles. The van der Waals surface area contributed by atoms with E-state index in [0.717, 1.165) is 6.42 Å². The van der Waals surface area contributed by atoms with E-state index < -0.39 is 5.54 Å². The number of nitrogens with one attached hydrogen (secondary N) is 1. The van der Waals surface area contributed by atoms with Gasteiger partial charge in [0.25, 0.3) is 5.91 Å². The molecule has 2 rings (SSSR count). The molecular formula is C18H27N3O3. The number of ether oxygens (including phenoxy) is 1. The number of benzene rings is 1. The van der Waals surface area contributed by atoms with E-state index in [1.807, 2.05) is 31.2 Å². The predicted molar refractivity (Wildman–Crippen MR) is 94.0 cm³/mol. The third-order valence-corrected chi connectivity index (χ3v) is 4.12. The normalized spacial score (nSPS) is 16.4. The number of carbonyl (C=O) groups excluding carboxylic acids is 2. The van der Waals surface area contributed by atoms with Crippen molar-refractivity contribution < 1.29 is 14.3 Å². The molecular weight excluding hydrogens is 306 g/mol. The zero-order valence-corrected chi connectivity index (χ0v) is 14.7. The second-order valence-corrected chi connectivity index (χ2v) is 6.96. The molecule has 0 radical (unpaired) electrons. The molecule has 0 bridgehead atoms. The summed E-state index contributed by atoms with van der Waals surface area (Å²) in [5, 5.41) is 3.02. The smallest absolute Gasteiger partial charge is 0.265 e. The topological polar surface area (TPSA) is 84.7 Å². The van der Waals surface area contributed by atoms with Gasteiger partial charge in [0.2, 0.25) is 5.91 Å². The molecule has 0 fully saturated rings. The fraction of sp³-hybridized carbons (Fsp3) is 0.556. The van der Waals surface area contributed by atoms with Gasteiger partial charge in [0.15, 0.2) is 6.61 Å². The van der Waals surface area contributed by atoms with E-state index in [2.05, 4.69) is 19.2 Å². The van der Waals surface area contributed by atoms with Crippen LogP contribution in [0.2, 0.25) is 0 Å². The van der Waals surface area contributed by atoms with Crippen molar-refractivity contribution in [3.63, 3.8) is 0 Å². The van der Waals surface area contributed by atoms with Crippen molar-refractivity contribution in [2.75, 3.05) is 24.6 Å². The number of amides is 2. The minimum absolute atomic E-state index is 0.00645. The Balaban J connectivity index is 1.98. The zero-order chi connectivity index (χ0) is 17.7. The van der Waals surface area contributed by atoms with Gasteiger partial charge >= 0.3 is 0 Å². The molecule has 1 aliphatic heterocycles. The highest BCUT2D eigenvalue weighted by molar-refractivity contribution is 5.98. The van der Waals surface area contributed by atoms with Crippen molar-refractivity contribution in [1.82, 2.24) is 5.32 Å². The molecule has 1 aromatic carbocycles. The summed E-state index contributed by atoms with van der Waals surface area (Å²) in [5.74, 6) is 0.876. The Morgan fingerprint density at radius 3 is 2.79 bits per heavy atom. The number of fused-ring (bicyclic) bond motifs is 1. The number of rotatable bonds is 7. The Bertz CT molecular complexity index is 603. The molecule has 0 spiro atoms. The number of nitrogens with two attached hydrogens (primary N) is 1. The third-order valence-electron chi connectivity index (χ3n) is 4.12. The molecule has 1 aliphatic rings. The number of para-hydroxylation sites is 2. The average molecular weight is 333 g/mol. The monoisotopic (exact) mass is 333 g/mol. The van der Waals surface area contributed by atoms with E-state index in [-0.39, 0.29) is 24.8 Å². The first-order valence-corrected chi connectivity index (χ1v) is 8.38. The SMILES string of the molecule is CC(C)CC(C)(CN)NC(=O)CCN1C(=O)COc2ccccc21. The van der Waals surface area contributed by atoms with Gasteiger partial charge in [0, 0.05) is 25.0 Å². The molecule has 2 amide bonds. The van der Waals surface area contributed by atoms with Crippen molar-refractivity contribution in [2.24, 2.45) is 11.7 Å². The number of hydrogen-bond donors (Lipinski definition) is 2. The fourth-order valence-corrected chi connectivity index (χ4v) is 3.10. The summed E-state index contributed by atoms with van der Waals surface area (Å²) in [6, 6.07) is 7.36. The van der Waals surface area contributed by atoms with Crippen LogP contribution in [-0.4, -0.2) is 37.0 Å². The average Bonchev–Trinajstić information content (AvgIpc) is 2.53. The maximum Gasteiger partial charge on any atom is 0.265 e. The molecule has 6 nitrogen and oxygen atoms in total. The molecule has 0 aliphatic carbocycles. The van der Waals surface area contributed by atoms with Gasteiger partial charge in [-0.2, -0.15) is 0 Å². The van der Waals surface area contributed by atoms with E-state index in [0.29, 0.717) is 30.4 Å². The molecule has 3 N–H and O–H groups in total. The van der Waals surface area contributed by atoms with E-state index in [9.17, 15) is 9.59 Å². The Labute approximate surface area is 143 Å². The van der Waals surface area contributed by atoms with Crippen LogP contribution in [0, 0.1) is 5.92 Å². The molecule has 0 saturated carbocycles. The van der Waals surface area contributed by atoms with Gasteiger partial charge in [0.1, 0.15) is 5.75 Å². The number of hydrogen-bond acceptors (Lipinski definition) is 4. The summed E-state index contributed by atoms with van der Waals surface area (Å²) in [6.45, 7) is 6.88. The lowest BCUT2D eigenvalue weighted by Crippen LogP contribution is -2.52. The highest BCUT2D eigenvalue weighted by Crippen LogP contribution is 2.31. The van der Waals surface area contributed by atoms with Crippen molar-refractivity contribution in [3.05, 3.63) is 24.3 Å². The van der Waals surface area contributed by atoms with Crippen LogP contribution in [0.1, 0.15) is 33.6 Å². The van der Waals surface area contributed by atoms with Gasteiger partial charge in [-0.15, -0.1) is 0 Å². The van der Waals surface area contributed by atoms with Crippen LogP contribution in [-0.2, 0) is 9.59 Å². The molecule has 6 heteroatoms. The lowest BCUT2D eigenvalue weighted by molar-refractivity contribution is -0.123. The molecule has 0 saturated heterocycles. The van der Waals surface area contributed by atoms with Crippen molar-refractivity contribution in [3.8, 4) is 5.75 Å². The zero-order valence-electron chi connectivity index (χ0n) is 14.7. The second-order valence-electron chi connectivity index (χ2n) is 6.96. The van der Waals surface area contributed by atoms with Crippen LogP contribution in [0.25, 0.3) is 0 Å². The summed E-state index contributed by atoms with van der Waals surface area (Å²) in [6.07, 6.45) is 1.04. The van der Waals surface area contributed by atoms with Gasteiger partial charge in [-0.25, -0.2) is 0 Å². The first kappa shape index (κ1) is 18.3. The van der Waals surface area contributed by atoms with Crippen LogP contribution >= 0.6 is 0 Å². The third kappa shape index (κ3) is 4.47. The van der Waals surface area contributed by atoms with Crippen molar-refractivity contribution in [1.29, 1.82) is 0 Å². The second kappa shape index (κ2) is 7.66. The molecule has 1 aromatic rings. The molecule has 24 heavy (non-hydrogen) atoms. The maximum absolute atomic E-state index is 12.3. The molecule has 1 unspecified atom stereocenters. The molecule has 1 atom stereocenters. The van der Waals surface area contributed by atoms with Gasteiger partial charge in [-0.3, -0.25) is 9.59 Å². The number of nitrogens with zero attached hydrogens (tertiary/aromatic N) is 1. The van der Waals surface area contributed by atoms with Gasteiger partial charge in [-0.05, 0) is 31.4 Å². The van der Waals surface area contributed by atoms with E-state index in [1.165, 1.54) is 0 Å². The fourth-order valence-electron chi connectivity index (χ4n) is 3.10. The Hall–Kier alpha value is -2.08. The first-order chi connectivity index (χ1) is 11.3. The summed E-state index contributed by atoms with van der Waals surface area (Å²) in [5.41, 5.74) is 6.13. The molecule has 0 aromatic heterocycles. The van der Waals surface area contributed by atoms with Crippen molar-refractivity contribution >= 4 is 17.5 Å². The van der Waals surface area contributed by atoms with Crippen LogP contribution in [0.4, 0.5) is 5.69 Å². The minimum atomic E-state index is -0.418. The summed E-state index contributed by atoms with van der Waals surface area (Å²) < 4.78 is 5.41. The standard InChI is InChI=1S/C18H27N3O3/c1-13(2)10-18(3,12-19)20-16(22)8-9-21-14-6-4-5-7-15(14)24-11-17(21)23/h4-7,13H,8-12,19H2,1-3H3,(H,20,22). The Morgan fingerprint density at radius 1 is 1.42 bits per heavy atom. The molecule has 132 valence electrons. The first-order valence-electron chi connectivity index (χ1n) is 8.38. The highest BCUT2D eigenvalue weighted by atomic mass is 16.5. The van der Waals surface area contributed by atoms with E-state index in [1.54, 1.807) is 4.90 Å². The Morgan fingerprint density at radius 2 is 2.12 bits per heavy atom. The Kier molecular flexibility index (Phi) is 5.83. The highest BCUT2D eigenvalue weighted by Gasteiger charge is 2.28. The lowest BCUT2D eigenvalue weighted by Gasteiger charge is -2.32. The predicted octanol–water partition coefficient (Wildman–Crippen LogP) is 1.68. The van der Waals surface area contributed by atoms with Gasteiger partial charge in [-0.1, -0.05) is 26.0 Å². The van der Waals surface area contributed by atoms with Crippen LogP contribution < -0.4 is 20.7 Å². The number of carbonyl (C=O) groups is 2. The van der Waals surface area contributed by atoms with Crippen LogP contribution in [0.3, 0.4) is 0 Å². The maximum atomic E-state index is 12.3. The van der Waals surface area contributed by atoms with Crippen molar-refractivity contribution in [2.45, 2.75) is 39.2 Å². The van der Waals surface area contributed by atoms with Crippen LogP contribution in [0.15, 0.2) is 24.3 Å². The lowest BCUT2D eigenvalue weighted by atomic mass is 9.90. The van der Waals surface area contributed by atoms with Gasteiger partial charge in [0.05, 0.1) is 5.69 Å². The van der Waals surface area contributed by atoms with Crippen LogP contribution in [0.5, 0.6) is 5.75 Å². The van der Waals surface area contributed by atoms with E-state index >= 15 is 0 Å². The number of anilines is 1. The largest absolute Gasteiger partial charge is 0.482 e. The quantitative estimate of drug-likeness (QED) is 0.795. The summed E-state index contributed by atoms with van der Waals surface area (Å²) >= 11 is 0.